The van der Waals surface area contributed by atoms with Gasteiger partial charge in [-0.15, -0.1) is 0 Å². The number of hydrogen-bond acceptors (Lipinski definition) is 5. The maximum Gasteiger partial charge on any atom is 0.490 e. The van der Waals surface area contributed by atoms with Gasteiger partial charge >= 0.3 is 7.12 Å². The Kier molecular flexibility index (Phi) is 3.45. The lowest BCUT2D eigenvalue weighted by Gasteiger charge is -2.35. The fourth-order valence-corrected chi connectivity index (χ4v) is 4.45. The second-order valence-electron chi connectivity index (χ2n) is 9.10. The van der Waals surface area contributed by atoms with Crippen molar-refractivity contribution >= 4 is 7.12 Å². The minimum atomic E-state index is -0.544. The molecule has 4 rings (SSSR count). The number of rotatable bonds is 1. The van der Waals surface area contributed by atoms with Crippen molar-refractivity contribution in [3.8, 4) is 0 Å². The Morgan fingerprint density at radius 3 is 1.96 bits per heavy atom. The highest BCUT2D eigenvalue weighted by Gasteiger charge is 2.63. The molecule has 0 unspecified atom stereocenters. The van der Waals surface area contributed by atoms with E-state index in [2.05, 4.69) is 41.5 Å². The van der Waals surface area contributed by atoms with Crippen molar-refractivity contribution < 1.29 is 23.5 Å². The van der Waals surface area contributed by atoms with Crippen LogP contribution in [-0.4, -0.2) is 48.5 Å². The van der Waals surface area contributed by atoms with E-state index in [9.17, 15) is 0 Å². The molecular weight excluding hydrogens is 307 g/mol. The molecule has 4 heterocycles. The van der Waals surface area contributed by atoms with E-state index in [1.54, 1.807) is 0 Å². The molecule has 5 atom stereocenters. The summed E-state index contributed by atoms with van der Waals surface area (Å²) < 4.78 is 31.2. The van der Waals surface area contributed by atoms with Gasteiger partial charge in [0.2, 0.25) is 0 Å². The molecule has 0 radical (unpaired) electrons. The molecule has 0 spiro atoms. The van der Waals surface area contributed by atoms with Gasteiger partial charge in [0.25, 0.3) is 0 Å². The second-order valence-corrected chi connectivity index (χ2v) is 9.10. The lowest BCUT2D eigenvalue weighted by Crippen LogP contribution is -2.41. The Morgan fingerprint density at radius 1 is 0.833 bits per heavy atom. The molecule has 3 fully saturated rings. The average Bonchev–Trinajstić information content (AvgIpc) is 2.94. The van der Waals surface area contributed by atoms with E-state index in [4.69, 9.17) is 23.5 Å². The fourth-order valence-electron chi connectivity index (χ4n) is 4.45. The number of ether oxygens (including phenoxy) is 3. The molecule has 4 aliphatic rings. The summed E-state index contributed by atoms with van der Waals surface area (Å²) in [6.45, 7) is 16.6. The fraction of sp³-hybridized carbons (Fsp3) is 0.889. The maximum atomic E-state index is 6.31. The van der Waals surface area contributed by atoms with Gasteiger partial charge in [0.15, 0.2) is 5.79 Å². The van der Waals surface area contributed by atoms with E-state index in [0.29, 0.717) is 0 Å². The third-order valence-electron chi connectivity index (χ3n) is 6.46. The number of fused-ring (bicyclic) bond motifs is 5. The molecule has 0 aromatic rings. The van der Waals surface area contributed by atoms with E-state index >= 15 is 0 Å². The molecule has 5 nitrogen and oxygen atoms in total. The Bertz CT molecular complexity index is 580. The Labute approximate surface area is 145 Å². The molecule has 0 amide bonds. The molecule has 24 heavy (non-hydrogen) atoms. The van der Waals surface area contributed by atoms with Crippen molar-refractivity contribution in [2.45, 2.75) is 96.8 Å². The summed E-state index contributed by atoms with van der Waals surface area (Å²) in [7, 11) is -0.328. The van der Waals surface area contributed by atoms with Crippen molar-refractivity contribution in [3.05, 3.63) is 11.0 Å². The highest BCUT2D eigenvalue weighted by atomic mass is 16.8. The minimum absolute atomic E-state index is 0.0144. The first-order chi connectivity index (χ1) is 10.9. The van der Waals surface area contributed by atoms with Crippen LogP contribution in [0.1, 0.15) is 55.4 Å². The highest BCUT2D eigenvalue weighted by molar-refractivity contribution is 6.55. The normalized spacial score (nSPS) is 45.0. The van der Waals surface area contributed by atoms with Crippen LogP contribution in [0.4, 0.5) is 0 Å². The molecule has 0 saturated carbocycles. The molecule has 4 aliphatic heterocycles. The Morgan fingerprint density at radius 2 is 1.38 bits per heavy atom. The smallest absolute Gasteiger partial charge is 0.400 e. The molecule has 0 aromatic carbocycles. The third-order valence-corrected chi connectivity index (χ3v) is 6.46. The third kappa shape index (κ3) is 2.20. The number of hydrogen-bond donors (Lipinski definition) is 0. The topological polar surface area (TPSA) is 46.2 Å². The van der Waals surface area contributed by atoms with Crippen molar-refractivity contribution in [1.29, 1.82) is 0 Å². The van der Waals surface area contributed by atoms with Crippen molar-refractivity contribution in [2.75, 3.05) is 0 Å². The minimum Gasteiger partial charge on any atom is -0.400 e. The molecule has 0 aliphatic carbocycles. The summed E-state index contributed by atoms with van der Waals surface area (Å²) in [6, 6.07) is 0. The van der Waals surface area contributed by atoms with Crippen LogP contribution in [0.5, 0.6) is 0 Å². The largest absolute Gasteiger partial charge is 0.490 e. The summed E-state index contributed by atoms with van der Waals surface area (Å²) in [6.07, 6.45) is -0.172. The molecule has 2 bridgehead atoms. The van der Waals surface area contributed by atoms with E-state index in [0.717, 1.165) is 0 Å². The first-order valence-corrected chi connectivity index (χ1v) is 9.01. The lowest BCUT2D eigenvalue weighted by molar-refractivity contribution is -0.188. The molecule has 6 heteroatoms. The zero-order valence-corrected chi connectivity index (χ0v) is 16.0. The molecule has 3 saturated heterocycles. The standard InChI is InChI=1S/C18H29BO5/c1-9-11(19-23-16(3,4)17(5,6)24-19)10(2)13-15-14(12(9)20-13)21-18(7,8)22-15/h9,12-15H,1-8H3/t9-,12+,13-,14+,15-/m1/s1. The lowest BCUT2D eigenvalue weighted by atomic mass is 9.66. The van der Waals surface area contributed by atoms with Gasteiger partial charge in [0.1, 0.15) is 18.3 Å². The first kappa shape index (κ1) is 17.0. The van der Waals surface area contributed by atoms with E-state index < -0.39 is 5.79 Å². The van der Waals surface area contributed by atoms with Gasteiger partial charge in [-0.2, -0.15) is 0 Å². The van der Waals surface area contributed by atoms with Crippen LogP contribution in [0.25, 0.3) is 0 Å². The first-order valence-electron chi connectivity index (χ1n) is 9.01. The Balaban J connectivity index is 1.68. The van der Waals surface area contributed by atoms with Crippen LogP contribution in [0.15, 0.2) is 11.0 Å². The summed E-state index contributed by atoms with van der Waals surface area (Å²) in [4.78, 5) is 0. The van der Waals surface area contributed by atoms with Crippen LogP contribution in [0.3, 0.4) is 0 Å². The van der Waals surface area contributed by atoms with Crippen LogP contribution in [0.2, 0.25) is 0 Å². The van der Waals surface area contributed by atoms with Crippen LogP contribution >= 0.6 is 0 Å². The van der Waals surface area contributed by atoms with Gasteiger partial charge in [0.05, 0.1) is 17.3 Å². The summed E-state index contributed by atoms with van der Waals surface area (Å²) in [5.74, 6) is -0.374. The average molecular weight is 336 g/mol. The monoisotopic (exact) mass is 336 g/mol. The van der Waals surface area contributed by atoms with Gasteiger partial charge in [-0.25, -0.2) is 0 Å². The quantitative estimate of drug-likeness (QED) is 0.689. The molecular formula is C18H29BO5. The van der Waals surface area contributed by atoms with Gasteiger partial charge < -0.3 is 23.5 Å². The van der Waals surface area contributed by atoms with Crippen molar-refractivity contribution in [2.24, 2.45) is 5.92 Å². The van der Waals surface area contributed by atoms with Gasteiger partial charge in [-0.3, -0.25) is 0 Å². The Hall–Kier alpha value is -0.395. The summed E-state index contributed by atoms with van der Waals surface area (Å²) in [5, 5.41) is 0. The summed E-state index contributed by atoms with van der Waals surface area (Å²) >= 11 is 0. The van der Waals surface area contributed by atoms with Crippen molar-refractivity contribution in [3.63, 3.8) is 0 Å². The SMILES string of the molecule is CC1=C(B2OC(C)(C)C(C)(C)O2)[C@@H](C)[C@@H]2O[C@H]1[C@H]1OC(C)(C)O[C@@H]21. The summed E-state index contributed by atoms with van der Waals surface area (Å²) in [5.41, 5.74) is 1.69. The van der Waals surface area contributed by atoms with Crippen molar-refractivity contribution in [1.82, 2.24) is 0 Å². The van der Waals surface area contributed by atoms with Gasteiger partial charge in [-0.1, -0.05) is 6.92 Å². The van der Waals surface area contributed by atoms with Crippen LogP contribution in [-0.2, 0) is 23.5 Å². The highest BCUT2D eigenvalue weighted by Crippen LogP contribution is 2.51. The van der Waals surface area contributed by atoms with Crippen LogP contribution < -0.4 is 0 Å². The zero-order valence-electron chi connectivity index (χ0n) is 16.0. The molecule has 134 valence electrons. The predicted octanol–water partition coefficient (Wildman–Crippen LogP) is 2.87. The van der Waals surface area contributed by atoms with E-state index in [1.807, 2.05) is 13.8 Å². The van der Waals surface area contributed by atoms with E-state index in [-0.39, 0.29) is 48.7 Å². The van der Waals surface area contributed by atoms with Crippen LogP contribution in [0, 0.1) is 5.92 Å². The zero-order chi connectivity index (χ0) is 17.7. The van der Waals surface area contributed by atoms with Gasteiger partial charge in [0, 0.05) is 5.92 Å². The second kappa shape index (κ2) is 4.86. The van der Waals surface area contributed by atoms with E-state index in [1.165, 1.54) is 11.0 Å². The van der Waals surface area contributed by atoms with Gasteiger partial charge in [-0.05, 0) is 59.5 Å². The molecule has 0 N–H and O–H groups in total. The maximum absolute atomic E-state index is 6.31. The predicted molar refractivity (Wildman–Crippen MR) is 90.4 cm³/mol. The molecule has 0 aromatic heterocycles.